The summed E-state index contributed by atoms with van der Waals surface area (Å²) in [5.41, 5.74) is 4.14. The molecule has 1 amide bonds. The smallest absolute Gasteiger partial charge is 0.255 e. The maximum atomic E-state index is 13.1. The lowest BCUT2D eigenvalue weighted by Crippen LogP contribution is -2.28. The number of aryl methyl sites for hydroxylation is 3. The number of hydrogen-bond donors (Lipinski definition) is 1. The van der Waals surface area contributed by atoms with Crippen molar-refractivity contribution in [1.82, 2.24) is 4.31 Å². The van der Waals surface area contributed by atoms with Crippen LogP contribution in [0.3, 0.4) is 0 Å². The van der Waals surface area contributed by atoms with E-state index in [0.717, 1.165) is 48.1 Å². The predicted molar refractivity (Wildman–Crippen MR) is 112 cm³/mol. The number of rotatable bonds is 6. The van der Waals surface area contributed by atoms with Gasteiger partial charge < -0.3 is 5.32 Å². The van der Waals surface area contributed by atoms with E-state index < -0.39 is 10.0 Å². The fourth-order valence-corrected chi connectivity index (χ4v) is 5.21. The highest BCUT2D eigenvalue weighted by molar-refractivity contribution is 7.89. The number of para-hydroxylation sites is 1. The molecule has 0 aliphatic carbocycles. The van der Waals surface area contributed by atoms with E-state index in [0.29, 0.717) is 18.7 Å². The quantitative estimate of drug-likeness (QED) is 0.792. The molecule has 0 aromatic heterocycles. The number of anilines is 1. The van der Waals surface area contributed by atoms with E-state index in [4.69, 9.17) is 0 Å². The van der Waals surface area contributed by atoms with Crippen LogP contribution in [-0.2, 0) is 22.9 Å². The minimum Gasteiger partial charge on any atom is -0.321 e. The van der Waals surface area contributed by atoms with Crippen LogP contribution in [0.2, 0.25) is 0 Å². The van der Waals surface area contributed by atoms with E-state index in [1.165, 1.54) is 10.4 Å². The minimum atomic E-state index is -3.56. The molecular formula is C22H28N2O3S. The van der Waals surface area contributed by atoms with E-state index in [1.807, 2.05) is 25.1 Å². The third-order valence-electron chi connectivity index (χ3n) is 5.39. The molecule has 0 saturated carbocycles. The molecule has 1 N–H and O–H groups in total. The van der Waals surface area contributed by atoms with E-state index in [9.17, 15) is 13.2 Å². The van der Waals surface area contributed by atoms with Gasteiger partial charge in [-0.1, -0.05) is 38.1 Å². The molecule has 1 aliphatic rings. The molecule has 6 heteroatoms. The molecule has 0 unspecified atom stereocenters. The van der Waals surface area contributed by atoms with Crippen LogP contribution in [0.15, 0.2) is 41.3 Å². The summed E-state index contributed by atoms with van der Waals surface area (Å²) in [6.45, 7) is 7.02. The van der Waals surface area contributed by atoms with Crippen molar-refractivity contribution < 1.29 is 13.2 Å². The second kappa shape index (κ2) is 8.45. The molecule has 1 aliphatic heterocycles. The molecule has 28 heavy (non-hydrogen) atoms. The summed E-state index contributed by atoms with van der Waals surface area (Å²) in [6, 6.07) is 10.8. The van der Waals surface area contributed by atoms with Gasteiger partial charge in [0, 0.05) is 24.3 Å². The molecule has 150 valence electrons. The average molecular weight is 401 g/mol. The second-order valence-electron chi connectivity index (χ2n) is 7.20. The Balaban J connectivity index is 1.95. The lowest BCUT2D eigenvalue weighted by Gasteiger charge is -2.18. The molecule has 1 fully saturated rings. The van der Waals surface area contributed by atoms with E-state index in [2.05, 4.69) is 19.2 Å². The number of hydrogen-bond acceptors (Lipinski definition) is 3. The van der Waals surface area contributed by atoms with Gasteiger partial charge in [0.2, 0.25) is 10.0 Å². The Morgan fingerprint density at radius 2 is 1.64 bits per heavy atom. The van der Waals surface area contributed by atoms with Gasteiger partial charge in [-0.25, -0.2) is 8.42 Å². The molecule has 1 saturated heterocycles. The number of sulfonamides is 1. The van der Waals surface area contributed by atoms with Gasteiger partial charge in [-0.15, -0.1) is 0 Å². The standard InChI is InChI=1S/C22H28N2O3S/c1-4-17-9-8-10-18(5-2)21(17)23-22(25)20-15-19(12-11-16(20)3)28(26,27)24-13-6-7-14-24/h8-12,15H,4-7,13-14H2,1-3H3,(H,23,25). The molecule has 3 rings (SSSR count). The van der Waals surface area contributed by atoms with Crippen molar-refractivity contribution in [3.63, 3.8) is 0 Å². The van der Waals surface area contributed by atoms with E-state index in [-0.39, 0.29) is 10.8 Å². The highest BCUT2D eigenvalue weighted by Gasteiger charge is 2.28. The number of carbonyl (C=O) groups excluding carboxylic acids is 1. The molecule has 0 radical (unpaired) electrons. The first-order valence-electron chi connectivity index (χ1n) is 9.91. The van der Waals surface area contributed by atoms with Gasteiger partial charge in [-0.2, -0.15) is 4.31 Å². The zero-order valence-corrected chi connectivity index (χ0v) is 17.6. The SMILES string of the molecule is CCc1cccc(CC)c1NC(=O)c1cc(S(=O)(=O)N2CCCC2)ccc1C. The van der Waals surface area contributed by atoms with Crippen LogP contribution in [0.25, 0.3) is 0 Å². The first kappa shape index (κ1) is 20.6. The van der Waals surface area contributed by atoms with Gasteiger partial charge >= 0.3 is 0 Å². The summed E-state index contributed by atoms with van der Waals surface area (Å²) in [6.07, 6.45) is 3.38. The van der Waals surface area contributed by atoms with Crippen LogP contribution in [0.5, 0.6) is 0 Å². The van der Waals surface area contributed by atoms with E-state index >= 15 is 0 Å². The van der Waals surface area contributed by atoms with Crippen LogP contribution in [0, 0.1) is 6.92 Å². The topological polar surface area (TPSA) is 66.5 Å². The maximum absolute atomic E-state index is 13.1. The highest BCUT2D eigenvalue weighted by atomic mass is 32.2. The predicted octanol–water partition coefficient (Wildman–Crippen LogP) is 4.16. The van der Waals surface area contributed by atoms with Crippen molar-refractivity contribution in [2.75, 3.05) is 18.4 Å². The van der Waals surface area contributed by atoms with Crippen LogP contribution in [-0.4, -0.2) is 31.7 Å². The van der Waals surface area contributed by atoms with Gasteiger partial charge in [0.25, 0.3) is 5.91 Å². The van der Waals surface area contributed by atoms with Gasteiger partial charge in [0.05, 0.1) is 4.90 Å². The Morgan fingerprint density at radius 3 is 2.21 bits per heavy atom. The van der Waals surface area contributed by atoms with Gasteiger partial charge in [-0.3, -0.25) is 4.79 Å². The number of nitrogens with one attached hydrogen (secondary N) is 1. The summed E-state index contributed by atoms with van der Waals surface area (Å²) in [5.74, 6) is -0.272. The third-order valence-corrected chi connectivity index (χ3v) is 7.29. The summed E-state index contributed by atoms with van der Waals surface area (Å²) in [7, 11) is -3.56. The highest BCUT2D eigenvalue weighted by Crippen LogP contribution is 2.26. The average Bonchev–Trinajstić information content (AvgIpc) is 3.24. The normalized spacial score (nSPS) is 15.0. The largest absolute Gasteiger partial charge is 0.321 e. The number of nitrogens with zero attached hydrogens (tertiary/aromatic N) is 1. The molecule has 0 atom stereocenters. The first-order valence-corrected chi connectivity index (χ1v) is 11.4. The monoisotopic (exact) mass is 400 g/mol. The van der Waals surface area contributed by atoms with Crippen LogP contribution >= 0.6 is 0 Å². The Hall–Kier alpha value is -2.18. The molecule has 1 heterocycles. The fraction of sp³-hybridized carbons (Fsp3) is 0.409. The van der Waals surface area contributed by atoms with Crippen molar-refractivity contribution in [3.05, 3.63) is 58.7 Å². The van der Waals surface area contributed by atoms with Gasteiger partial charge in [-0.05, 0) is 61.4 Å². The van der Waals surface area contributed by atoms with Crippen molar-refractivity contribution in [2.45, 2.75) is 51.3 Å². The van der Waals surface area contributed by atoms with Gasteiger partial charge in [0.15, 0.2) is 0 Å². The number of amides is 1. The molecule has 2 aromatic rings. The second-order valence-corrected chi connectivity index (χ2v) is 9.14. The first-order chi connectivity index (χ1) is 13.4. The Labute approximate surface area is 167 Å². The van der Waals surface area contributed by atoms with Gasteiger partial charge in [0.1, 0.15) is 0 Å². The van der Waals surface area contributed by atoms with Crippen LogP contribution in [0.1, 0.15) is 53.7 Å². The van der Waals surface area contributed by atoms with E-state index in [1.54, 1.807) is 12.1 Å². The molecule has 0 spiro atoms. The van der Waals surface area contributed by atoms with Crippen LogP contribution in [0.4, 0.5) is 5.69 Å². The van der Waals surface area contributed by atoms with Crippen molar-refractivity contribution in [3.8, 4) is 0 Å². The maximum Gasteiger partial charge on any atom is 0.255 e. The van der Waals surface area contributed by atoms with Crippen molar-refractivity contribution in [2.24, 2.45) is 0 Å². The Morgan fingerprint density at radius 1 is 1.04 bits per heavy atom. The Kier molecular flexibility index (Phi) is 6.20. The molecule has 5 nitrogen and oxygen atoms in total. The summed E-state index contributed by atoms with van der Waals surface area (Å²) < 4.78 is 27.2. The summed E-state index contributed by atoms with van der Waals surface area (Å²) >= 11 is 0. The zero-order chi connectivity index (χ0) is 20.3. The lowest BCUT2D eigenvalue weighted by atomic mass is 10.0. The zero-order valence-electron chi connectivity index (χ0n) is 16.8. The fourth-order valence-electron chi connectivity index (χ4n) is 3.67. The molecule has 2 aromatic carbocycles. The van der Waals surface area contributed by atoms with Crippen molar-refractivity contribution in [1.29, 1.82) is 0 Å². The third kappa shape index (κ3) is 3.98. The lowest BCUT2D eigenvalue weighted by molar-refractivity contribution is 0.102. The summed E-state index contributed by atoms with van der Waals surface area (Å²) in [4.78, 5) is 13.2. The molecule has 0 bridgehead atoms. The summed E-state index contributed by atoms with van der Waals surface area (Å²) in [5, 5.41) is 3.04. The molecular weight excluding hydrogens is 372 g/mol. The number of carbonyl (C=O) groups is 1. The van der Waals surface area contributed by atoms with Crippen LogP contribution < -0.4 is 5.32 Å². The Bertz CT molecular complexity index is 955. The minimum absolute atomic E-state index is 0.185. The van der Waals surface area contributed by atoms with Crippen molar-refractivity contribution >= 4 is 21.6 Å². The number of benzene rings is 2.